The summed E-state index contributed by atoms with van der Waals surface area (Å²) in [4.78, 5) is 12.7. The summed E-state index contributed by atoms with van der Waals surface area (Å²) < 4.78 is 7.45. The maximum Gasteiger partial charge on any atom is 0.251 e. The highest BCUT2D eigenvalue weighted by molar-refractivity contribution is 7.99. The van der Waals surface area contributed by atoms with Crippen LogP contribution in [0.1, 0.15) is 72.1 Å². The summed E-state index contributed by atoms with van der Waals surface area (Å²) >= 11 is 1.74. The van der Waals surface area contributed by atoms with Crippen LogP contribution >= 0.6 is 11.8 Å². The molecule has 1 aliphatic carbocycles. The van der Waals surface area contributed by atoms with Crippen LogP contribution in [0.4, 0.5) is 0 Å². The molecule has 1 aliphatic rings. The van der Waals surface area contributed by atoms with Crippen LogP contribution in [0.2, 0.25) is 0 Å². The molecule has 2 aromatic carbocycles. The molecule has 1 saturated carbocycles. The van der Waals surface area contributed by atoms with E-state index in [1.165, 1.54) is 24.8 Å². The molecule has 1 atom stereocenters. The molecule has 32 heavy (non-hydrogen) atoms. The second kappa shape index (κ2) is 10.7. The standard InChI is InChI=1S/C25H30N4O2S/c1-18(19-9-5-3-6-10-19)32-25-28-27-23(29(25)21-11-7-4-8-12-21)17-26-24(30)20-13-15-22(31-2)16-14-20/h3,5-6,9-10,13-16,18,21H,4,7-8,11-12,17H2,1-2H3,(H,26,30). The first-order chi connectivity index (χ1) is 15.7. The fourth-order valence-corrected chi connectivity index (χ4v) is 5.23. The fourth-order valence-electron chi connectivity index (χ4n) is 4.17. The van der Waals surface area contributed by atoms with E-state index in [1.807, 2.05) is 6.07 Å². The number of aromatic nitrogens is 3. The summed E-state index contributed by atoms with van der Waals surface area (Å²) in [6.07, 6.45) is 5.98. The maximum absolute atomic E-state index is 12.7. The Labute approximate surface area is 193 Å². The molecular formula is C25H30N4O2S. The molecule has 1 fully saturated rings. The predicted molar refractivity (Wildman–Crippen MR) is 127 cm³/mol. The van der Waals surface area contributed by atoms with Crippen LogP contribution in [0.3, 0.4) is 0 Å². The van der Waals surface area contributed by atoms with Gasteiger partial charge in [0, 0.05) is 16.9 Å². The average Bonchev–Trinajstić information content (AvgIpc) is 3.25. The molecule has 1 aromatic heterocycles. The Hall–Kier alpha value is -2.80. The van der Waals surface area contributed by atoms with Gasteiger partial charge in [-0.2, -0.15) is 0 Å². The molecule has 1 N–H and O–H groups in total. The first-order valence-electron chi connectivity index (χ1n) is 11.2. The maximum atomic E-state index is 12.7. The monoisotopic (exact) mass is 450 g/mol. The highest BCUT2D eigenvalue weighted by Crippen LogP contribution is 2.38. The lowest BCUT2D eigenvalue weighted by atomic mass is 9.95. The zero-order chi connectivity index (χ0) is 22.3. The molecule has 3 aromatic rings. The van der Waals surface area contributed by atoms with Gasteiger partial charge in [0.2, 0.25) is 0 Å². The van der Waals surface area contributed by atoms with Crippen molar-refractivity contribution < 1.29 is 9.53 Å². The number of hydrogen-bond donors (Lipinski definition) is 1. The zero-order valence-corrected chi connectivity index (χ0v) is 19.5. The number of carbonyl (C=O) groups excluding carboxylic acids is 1. The largest absolute Gasteiger partial charge is 0.497 e. The molecule has 6 nitrogen and oxygen atoms in total. The Balaban J connectivity index is 1.51. The molecule has 4 rings (SSSR count). The first-order valence-corrected chi connectivity index (χ1v) is 12.1. The number of benzene rings is 2. The smallest absolute Gasteiger partial charge is 0.251 e. The third kappa shape index (κ3) is 5.33. The number of hydrogen-bond acceptors (Lipinski definition) is 5. The van der Waals surface area contributed by atoms with Crippen molar-refractivity contribution in [1.29, 1.82) is 0 Å². The number of ether oxygens (including phenoxy) is 1. The lowest BCUT2D eigenvalue weighted by molar-refractivity contribution is 0.0949. The number of methoxy groups -OCH3 is 1. The lowest BCUT2D eigenvalue weighted by Gasteiger charge is -2.26. The Kier molecular flexibility index (Phi) is 7.47. The van der Waals surface area contributed by atoms with Gasteiger partial charge in [-0.25, -0.2) is 0 Å². The normalized spacial score (nSPS) is 15.3. The molecule has 0 saturated heterocycles. The number of amides is 1. The van der Waals surface area contributed by atoms with Gasteiger partial charge in [0.15, 0.2) is 11.0 Å². The van der Waals surface area contributed by atoms with Gasteiger partial charge in [0.1, 0.15) is 5.75 Å². The minimum atomic E-state index is -0.127. The number of thioether (sulfide) groups is 1. The average molecular weight is 451 g/mol. The van der Waals surface area contributed by atoms with Crippen molar-refractivity contribution in [3.8, 4) is 5.75 Å². The van der Waals surface area contributed by atoms with Crippen molar-refractivity contribution in [1.82, 2.24) is 20.1 Å². The summed E-state index contributed by atoms with van der Waals surface area (Å²) in [6.45, 7) is 2.56. The van der Waals surface area contributed by atoms with E-state index in [2.05, 4.69) is 51.3 Å². The molecule has 0 radical (unpaired) electrons. The van der Waals surface area contributed by atoms with Crippen molar-refractivity contribution in [3.05, 3.63) is 71.5 Å². The second-order valence-electron chi connectivity index (χ2n) is 8.14. The molecule has 0 spiro atoms. The third-order valence-electron chi connectivity index (χ3n) is 5.99. The van der Waals surface area contributed by atoms with Crippen molar-refractivity contribution in [3.63, 3.8) is 0 Å². The molecule has 1 unspecified atom stereocenters. The summed E-state index contributed by atoms with van der Waals surface area (Å²) in [6, 6.07) is 18.0. The second-order valence-corrected chi connectivity index (χ2v) is 9.45. The van der Waals surface area contributed by atoms with E-state index in [4.69, 9.17) is 4.74 Å². The Morgan fingerprint density at radius 3 is 2.50 bits per heavy atom. The van der Waals surface area contributed by atoms with E-state index in [-0.39, 0.29) is 11.2 Å². The minimum Gasteiger partial charge on any atom is -0.497 e. The lowest BCUT2D eigenvalue weighted by Crippen LogP contribution is -2.26. The van der Waals surface area contributed by atoms with Gasteiger partial charge in [-0.05, 0) is 49.6 Å². The van der Waals surface area contributed by atoms with Crippen LogP contribution in [0, 0.1) is 0 Å². The van der Waals surface area contributed by atoms with Gasteiger partial charge in [-0.1, -0.05) is 61.4 Å². The molecule has 7 heteroatoms. The Morgan fingerprint density at radius 2 is 1.81 bits per heavy atom. The van der Waals surface area contributed by atoms with E-state index in [0.717, 1.165) is 29.6 Å². The number of nitrogens with one attached hydrogen (secondary N) is 1. The number of nitrogens with zero attached hydrogens (tertiary/aromatic N) is 3. The van der Waals surface area contributed by atoms with Crippen molar-refractivity contribution >= 4 is 17.7 Å². The molecule has 1 amide bonds. The first kappa shape index (κ1) is 22.4. The molecular weight excluding hydrogens is 420 g/mol. The van der Waals surface area contributed by atoms with Gasteiger partial charge in [-0.15, -0.1) is 10.2 Å². The van der Waals surface area contributed by atoms with Crippen molar-refractivity contribution in [2.24, 2.45) is 0 Å². The third-order valence-corrected chi connectivity index (χ3v) is 7.10. The summed E-state index contributed by atoms with van der Waals surface area (Å²) in [5.74, 6) is 1.42. The highest BCUT2D eigenvalue weighted by Gasteiger charge is 2.24. The van der Waals surface area contributed by atoms with E-state index < -0.39 is 0 Å². The zero-order valence-electron chi connectivity index (χ0n) is 18.7. The summed E-state index contributed by atoms with van der Waals surface area (Å²) in [7, 11) is 1.61. The van der Waals surface area contributed by atoms with Crippen LogP contribution in [0.5, 0.6) is 5.75 Å². The number of carbonyl (C=O) groups is 1. The van der Waals surface area contributed by atoms with Crippen LogP contribution in [0.15, 0.2) is 59.8 Å². The van der Waals surface area contributed by atoms with Crippen LogP contribution in [-0.4, -0.2) is 27.8 Å². The van der Waals surface area contributed by atoms with E-state index >= 15 is 0 Å². The molecule has 1 heterocycles. The van der Waals surface area contributed by atoms with Gasteiger partial charge in [0.05, 0.1) is 13.7 Å². The Bertz CT molecular complexity index is 1010. The van der Waals surface area contributed by atoms with Gasteiger partial charge < -0.3 is 14.6 Å². The van der Waals surface area contributed by atoms with Gasteiger partial charge in [0.25, 0.3) is 5.91 Å². The van der Waals surface area contributed by atoms with Gasteiger partial charge >= 0.3 is 0 Å². The molecule has 0 aliphatic heterocycles. The van der Waals surface area contributed by atoms with E-state index in [9.17, 15) is 4.79 Å². The minimum absolute atomic E-state index is 0.127. The van der Waals surface area contributed by atoms with Crippen molar-refractivity contribution in [2.75, 3.05) is 7.11 Å². The molecule has 0 bridgehead atoms. The van der Waals surface area contributed by atoms with Gasteiger partial charge in [-0.3, -0.25) is 4.79 Å². The van der Waals surface area contributed by atoms with Crippen LogP contribution < -0.4 is 10.1 Å². The fraction of sp³-hybridized carbons (Fsp3) is 0.400. The van der Waals surface area contributed by atoms with Crippen molar-refractivity contribution in [2.45, 2.75) is 62.0 Å². The quantitative estimate of drug-likeness (QED) is 0.454. The predicted octanol–water partition coefficient (Wildman–Crippen LogP) is 5.58. The topological polar surface area (TPSA) is 69.0 Å². The van der Waals surface area contributed by atoms with E-state index in [1.54, 1.807) is 43.1 Å². The summed E-state index contributed by atoms with van der Waals surface area (Å²) in [5, 5.41) is 13.2. The SMILES string of the molecule is COc1ccc(C(=O)NCc2nnc(SC(C)c3ccccc3)n2C2CCCCC2)cc1. The highest BCUT2D eigenvalue weighted by atomic mass is 32.2. The Morgan fingerprint density at radius 1 is 1.09 bits per heavy atom. The molecule has 168 valence electrons. The number of rotatable bonds is 8. The van der Waals surface area contributed by atoms with E-state index in [0.29, 0.717) is 18.2 Å². The van der Waals surface area contributed by atoms with Crippen LogP contribution in [0.25, 0.3) is 0 Å². The van der Waals surface area contributed by atoms with Crippen LogP contribution in [-0.2, 0) is 6.54 Å². The summed E-state index contributed by atoms with van der Waals surface area (Å²) in [5.41, 5.74) is 1.87.